The fourth-order valence-corrected chi connectivity index (χ4v) is 3.92. The van der Waals surface area contributed by atoms with Crippen LogP contribution in [0.2, 0.25) is 0 Å². The lowest BCUT2D eigenvalue weighted by molar-refractivity contribution is -0.144. The summed E-state index contributed by atoms with van der Waals surface area (Å²) in [5.74, 6) is -0.996. The summed E-state index contributed by atoms with van der Waals surface area (Å²) < 4.78 is 55.9. The van der Waals surface area contributed by atoms with Gasteiger partial charge in [0.15, 0.2) is 0 Å². The highest BCUT2D eigenvalue weighted by Crippen LogP contribution is 2.28. The molecule has 0 N–H and O–H groups in total. The Hall–Kier alpha value is -2.69. The van der Waals surface area contributed by atoms with Crippen LogP contribution in [0.3, 0.4) is 0 Å². The van der Waals surface area contributed by atoms with Gasteiger partial charge in [-0.1, -0.05) is 18.3 Å². The lowest BCUT2D eigenvalue weighted by Gasteiger charge is -2.15. The maximum absolute atomic E-state index is 14.6. The molecule has 0 bridgehead atoms. The molecule has 0 aliphatic carbocycles. The molecule has 2 heterocycles. The number of benzene rings is 1. The minimum Gasteiger partial charge on any atom is -0.296 e. The standard InChI is InChI=1S/C17H15F4N3O3S/c1-4-8(2)23-11-6-10(9(18)5-12(11)28-16(23)27)24-14(25)7-13(17(19,20)21)22(3)15(24)26/h5-8H,4H2,1-3H3. The van der Waals surface area contributed by atoms with Crippen molar-refractivity contribution in [3.8, 4) is 5.69 Å². The number of alkyl halides is 3. The van der Waals surface area contributed by atoms with E-state index in [0.29, 0.717) is 21.2 Å². The Morgan fingerprint density at radius 3 is 2.36 bits per heavy atom. The van der Waals surface area contributed by atoms with Crippen LogP contribution in [0.15, 0.2) is 32.6 Å². The van der Waals surface area contributed by atoms with E-state index in [2.05, 4.69) is 0 Å². The molecule has 0 saturated carbocycles. The normalized spacial score (nSPS) is 13.2. The molecule has 3 aromatic rings. The van der Waals surface area contributed by atoms with Crippen LogP contribution >= 0.6 is 11.3 Å². The fourth-order valence-electron chi connectivity index (χ4n) is 2.93. The highest BCUT2D eigenvalue weighted by Gasteiger charge is 2.35. The molecular weight excluding hydrogens is 402 g/mol. The molecule has 0 amide bonds. The lowest BCUT2D eigenvalue weighted by Crippen LogP contribution is -2.41. The monoisotopic (exact) mass is 417 g/mol. The van der Waals surface area contributed by atoms with Crippen LogP contribution in [0.4, 0.5) is 17.6 Å². The van der Waals surface area contributed by atoms with Gasteiger partial charge in [0.1, 0.15) is 11.5 Å². The van der Waals surface area contributed by atoms with Crippen LogP contribution < -0.4 is 16.1 Å². The Balaban J connectivity index is 2.38. The first kappa shape index (κ1) is 20.1. The van der Waals surface area contributed by atoms with Gasteiger partial charge < -0.3 is 0 Å². The Labute approximate surface area is 158 Å². The second-order valence-corrected chi connectivity index (χ2v) is 7.30. The third-order valence-electron chi connectivity index (χ3n) is 4.56. The molecule has 11 heteroatoms. The van der Waals surface area contributed by atoms with Gasteiger partial charge in [0.2, 0.25) is 0 Å². The van der Waals surface area contributed by atoms with Crippen LogP contribution in [0, 0.1) is 5.82 Å². The summed E-state index contributed by atoms with van der Waals surface area (Å²) in [5, 5.41) is 0. The molecule has 0 spiro atoms. The van der Waals surface area contributed by atoms with Crippen molar-refractivity contribution in [2.75, 3.05) is 0 Å². The van der Waals surface area contributed by atoms with Crippen molar-refractivity contribution in [3.63, 3.8) is 0 Å². The Morgan fingerprint density at radius 2 is 1.79 bits per heavy atom. The highest BCUT2D eigenvalue weighted by atomic mass is 32.1. The lowest BCUT2D eigenvalue weighted by atomic mass is 10.2. The van der Waals surface area contributed by atoms with Crippen molar-refractivity contribution in [1.29, 1.82) is 0 Å². The zero-order chi connectivity index (χ0) is 21.0. The molecule has 2 aromatic heterocycles. The summed E-state index contributed by atoms with van der Waals surface area (Å²) in [5.41, 5.74) is -4.31. The van der Waals surface area contributed by atoms with Gasteiger partial charge in [-0.3, -0.25) is 18.7 Å². The van der Waals surface area contributed by atoms with Gasteiger partial charge in [0.25, 0.3) is 5.56 Å². The first-order valence-electron chi connectivity index (χ1n) is 8.22. The van der Waals surface area contributed by atoms with Crippen molar-refractivity contribution < 1.29 is 17.6 Å². The van der Waals surface area contributed by atoms with Gasteiger partial charge in [-0.25, -0.2) is 13.8 Å². The SMILES string of the molecule is CCC(C)n1c(=O)sc2cc(F)c(-n3c(=O)cc(C(F)(F)F)n(C)c3=O)cc21. The number of thiazole rings is 1. The van der Waals surface area contributed by atoms with Crippen LogP contribution in [0.5, 0.6) is 0 Å². The maximum atomic E-state index is 14.6. The van der Waals surface area contributed by atoms with E-state index in [1.807, 2.05) is 6.92 Å². The smallest absolute Gasteiger partial charge is 0.296 e. The van der Waals surface area contributed by atoms with E-state index in [9.17, 15) is 31.9 Å². The molecule has 0 saturated heterocycles. The van der Waals surface area contributed by atoms with E-state index in [0.717, 1.165) is 30.5 Å². The molecule has 0 fully saturated rings. The molecule has 0 aliphatic rings. The zero-order valence-electron chi connectivity index (χ0n) is 15.0. The topological polar surface area (TPSA) is 66.0 Å². The van der Waals surface area contributed by atoms with E-state index in [-0.39, 0.29) is 21.5 Å². The van der Waals surface area contributed by atoms with Gasteiger partial charge in [-0.05, 0) is 25.5 Å². The van der Waals surface area contributed by atoms with Gasteiger partial charge in [-0.15, -0.1) is 0 Å². The van der Waals surface area contributed by atoms with E-state index in [4.69, 9.17) is 0 Å². The quantitative estimate of drug-likeness (QED) is 0.616. The maximum Gasteiger partial charge on any atom is 0.431 e. The minimum absolute atomic E-state index is 0.230. The molecule has 6 nitrogen and oxygen atoms in total. The van der Waals surface area contributed by atoms with E-state index < -0.39 is 34.6 Å². The third-order valence-corrected chi connectivity index (χ3v) is 5.48. The molecule has 1 unspecified atom stereocenters. The van der Waals surface area contributed by atoms with E-state index in [1.165, 1.54) is 4.57 Å². The van der Waals surface area contributed by atoms with Crippen molar-refractivity contribution in [2.45, 2.75) is 32.5 Å². The number of rotatable bonds is 3. The summed E-state index contributed by atoms with van der Waals surface area (Å²) in [6.07, 6.45) is -4.32. The number of fused-ring (bicyclic) bond motifs is 1. The van der Waals surface area contributed by atoms with Crippen LogP contribution in [0.1, 0.15) is 32.0 Å². The predicted octanol–water partition coefficient (Wildman–Crippen LogP) is 3.04. The summed E-state index contributed by atoms with van der Waals surface area (Å²) in [6.45, 7) is 3.63. The largest absolute Gasteiger partial charge is 0.431 e. The summed E-state index contributed by atoms with van der Waals surface area (Å²) in [7, 11) is 0.844. The first-order chi connectivity index (χ1) is 13.0. The number of hydrogen-bond donors (Lipinski definition) is 0. The van der Waals surface area contributed by atoms with Crippen LogP contribution in [-0.2, 0) is 13.2 Å². The minimum atomic E-state index is -4.92. The number of nitrogens with zero attached hydrogens (tertiary/aromatic N) is 3. The fraction of sp³-hybridized carbons (Fsp3) is 0.353. The summed E-state index contributed by atoms with van der Waals surface area (Å²) in [4.78, 5) is 36.6. The second-order valence-electron chi connectivity index (χ2n) is 6.31. The summed E-state index contributed by atoms with van der Waals surface area (Å²) >= 11 is 0.806. The molecule has 28 heavy (non-hydrogen) atoms. The van der Waals surface area contributed by atoms with E-state index >= 15 is 0 Å². The molecule has 0 radical (unpaired) electrons. The van der Waals surface area contributed by atoms with Crippen LogP contribution in [0.25, 0.3) is 15.9 Å². The third kappa shape index (κ3) is 3.09. The van der Waals surface area contributed by atoms with Gasteiger partial charge in [0, 0.05) is 19.2 Å². The molecular formula is C17H15F4N3O3S. The molecule has 1 atom stereocenters. The molecule has 150 valence electrons. The zero-order valence-corrected chi connectivity index (χ0v) is 15.8. The average Bonchev–Trinajstić information content (AvgIpc) is 2.91. The highest BCUT2D eigenvalue weighted by molar-refractivity contribution is 7.16. The number of hydrogen-bond acceptors (Lipinski definition) is 4. The van der Waals surface area contributed by atoms with Crippen molar-refractivity contribution in [3.05, 3.63) is 60.2 Å². The predicted molar refractivity (Wildman–Crippen MR) is 96.9 cm³/mol. The van der Waals surface area contributed by atoms with Crippen molar-refractivity contribution >= 4 is 21.6 Å². The number of halogens is 4. The van der Waals surface area contributed by atoms with Gasteiger partial charge in [-0.2, -0.15) is 13.2 Å². The summed E-state index contributed by atoms with van der Waals surface area (Å²) in [6, 6.07) is 2.15. The van der Waals surface area contributed by atoms with Gasteiger partial charge in [0.05, 0.1) is 15.9 Å². The number of aromatic nitrogens is 3. The molecule has 0 aliphatic heterocycles. The van der Waals surface area contributed by atoms with Crippen LogP contribution in [-0.4, -0.2) is 13.7 Å². The molecule has 3 rings (SSSR count). The van der Waals surface area contributed by atoms with E-state index in [1.54, 1.807) is 6.92 Å². The van der Waals surface area contributed by atoms with Gasteiger partial charge >= 0.3 is 16.7 Å². The Morgan fingerprint density at radius 1 is 1.14 bits per heavy atom. The first-order valence-corrected chi connectivity index (χ1v) is 9.04. The Bertz CT molecular complexity index is 1250. The average molecular weight is 417 g/mol. The molecule has 1 aromatic carbocycles. The van der Waals surface area contributed by atoms with Crippen molar-refractivity contribution in [1.82, 2.24) is 13.7 Å². The van der Waals surface area contributed by atoms with Crippen molar-refractivity contribution in [2.24, 2.45) is 7.05 Å². The Kier molecular flexibility index (Phi) is 4.82. The second kappa shape index (κ2) is 6.73.